The van der Waals surface area contributed by atoms with Crippen LogP contribution in [0, 0.1) is 13.8 Å². The van der Waals surface area contributed by atoms with Gasteiger partial charge in [0.05, 0.1) is 5.56 Å². The fourth-order valence-electron chi connectivity index (χ4n) is 1.81. The van der Waals surface area contributed by atoms with Crippen molar-refractivity contribution in [3.63, 3.8) is 0 Å². The molecule has 0 aromatic carbocycles. The van der Waals surface area contributed by atoms with Gasteiger partial charge in [0.15, 0.2) is 0 Å². The zero-order valence-corrected chi connectivity index (χ0v) is 12.5. The van der Waals surface area contributed by atoms with Crippen molar-refractivity contribution >= 4 is 21.8 Å². The van der Waals surface area contributed by atoms with Crippen LogP contribution in [0.25, 0.3) is 0 Å². The molecule has 0 fully saturated rings. The average Bonchev–Trinajstić information content (AvgIpc) is 2.65. The van der Waals surface area contributed by atoms with Crippen LogP contribution in [0.1, 0.15) is 48.6 Å². The van der Waals surface area contributed by atoms with Crippen LogP contribution in [0.2, 0.25) is 0 Å². The number of nitrogens with one attached hydrogen (secondary N) is 1. The number of alkyl halides is 1. The summed E-state index contributed by atoms with van der Waals surface area (Å²) in [6.07, 6.45) is 1.80. The predicted octanol–water partition coefficient (Wildman–Crippen LogP) is 3.58. The Kier molecular flexibility index (Phi) is 4.80. The fraction of sp³-hybridized carbons (Fsp3) is 0.615. The molecule has 1 aromatic rings. The Bertz CT molecular complexity index is 386. The highest BCUT2D eigenvalue weighted by Crippen LogP contribution is 2.20. The molecule has 0 saturated heterocycles. The molecular formula is C13H20BrNO2. The zero-order valence-electron chi connectivity index (χ0n) is 10.9. The molecule has 96 valence electrons. The summed E-state index contributed by atoms with van der Waals surface area (Å²) in [5.74, 6) is 1.39. The molecule has 0 aliphatic heterocycles. The van der Waals surface area contributed by atoms with Gasteiger partial charge < -0.3 is 9.73 Å². The Morgan fingerprint density at radius 3 is 2.35 bits per heavy atom. The fourth-order valence-corrected chi connectivity index (χ4v) is 2.75. The molecule has 0 bridgehead atoms. The van der Waals surface area contributed by atoms with E-state index in [2.05, 4.69) is 35.1 Å². The first-order chi connectivity index (χ1) is 7.98. The number of furan rings is 1. The molecule has 0 saturated carbocycles. The van der Waals surface area contributed by atoms with E-state index in [1.54, 1.807) is 6.07 Å². The molecule has 1 rings (SSSR count). The molecule has 3 nitrogen and oxygen atoms in total. The van der Waals surface area contributed by atoms with Crippen molar-refractivity contribution in [2.24, 2.45) is 0 Å². The molecule has 1 N–H and O–H groups in total. The maximum absolute atomic E-state index is 12.2. The molecule has 1 amide bonds. The number of hydrogen-bond acceptors (Lipinski definition) is 2. The van der Waals surface area contributed by atoms with Gasteiger partial charge in [-0.1, -0.05) is 29.8 Å². The van der Waals surface area contributed by atoms with Crippen molar-refractivity contribution in [1.82, 2.24) is 5.32 Å². The van der Waals surface area contributed by atoms with Crippen LogP contribution < -0.4 is 5.32 Å². The minimum absolute atomic E-state index is 0.0532. The van der Waals surface area contributed by atoms with Gasteiger partial charge in [-0.15, -0.1) is 0 Å². The minimum atomic E-state index is -0.172. The summed E-state index contributed by atoms with van der Waals surface area (Å²) in [6.45, 7) is 7.83. The highest BCUT2D eigenvalue weighted by Gasteiger charge is 2.28. The molecule has 17 heavy (non-hydrogen) atoms. The van der Waals surface area contributed by atoms with Crippen LogP contribution in [0.15, 0.2) is 10.5 Å². The van der Waals surface area contributed by atoms with Gasteiger partial charge >= 0.3 is 0 Å². The highest BCUT2D eigenvalue weighted by atomic mass is 79.9. The van der Waals surface area contributed by atoms with Gasteiger partial charge in [0, 0.05) is 10.9 Å². The number of carbonyl (C=O) groups is 1. The van der Waals surface area contributed by atoms with E-state index in [4.69, 9.17) is 4.42 Å². The lowest BCUT2D eigenvalue weighted by Crippen LogP contribution is -2.49. The molecule has 4 heteroatoms. The first kappa shape index (κ1) is 14.3. The molecule has 0 spiro atoms. The smallest absolute Gasteiger partial charge is 0.255 e. The van der Waals surface area contributed by atoms with Crippen molar-refractivity contribution in [3.8, 4) is 0 Å². The molecule has 1 aromatic heterocycles. The van der Waals surface area contributed by atoms with Crippen LogP contribution in [0.4, 0.5) is 0 Å². The summed E-state index contributed by atoms with van der Waals surface area (Å²) >= 11 is 3.48. The number of hydrogen-bond donors (Lipinski definition) is 1. The number of aryl methyl sites for hydroxylation is 2. The van der Waals surface area contributed by atoms with E-state index in [1.807, 2.05) is 13.8 Å². The van der Waals surface area contributed by atoms with E-state index in [0.29, 0.717) is 11.3 Å². The maximum atomic E-state index is 12.2. The number of amides is 1. The monoisotopic (exact) mass is 301 g/mol. The van der Waals surface area contributed by atoms with Crippen LogP contribution >= 0.6 is 15.9 Å². The lowest BCUT2D eigenvalue weighted by atomic mass is 9.95. The first-order valence-corrected chi connectivity index (χ1v) is 7.05. The van der Waals surface area contributed by atoms with Gasteiger partial charge in [-0.3, -0.25) is 4.79 Å². The van der Waals surface area contributed by atoms with Crippen molar-refractivity contribution in [2.45, 2.75) is 46.1 Å². The Morgan fingerprint density at radius 1 is 1.41 bits per heavy atom. The largest absolute Gasteiger partial charge is 0.466 e. The second-order valence-corrected chi connectivity index (χ2v) is 4.96. The second kappa shape index (κ2) is 5.71. The molecule has 0 unspecified atom stereocenters. The highest BCUT2D eigenvalue weighted by molar-refractivity contribution is 9.09. The van der Waals surface area contributed by atoms with E-state index in [0.717, 1.165) is 23.9 Å². The van der Waals surface area contributed by atoms with Crippen molar-refractivity contribution in [3.05, 3.63) is 23.2 Å². The Labute approximate surface area is 111 Å². The van der Waals surface area contributed by atoms with Crippen molar-refractivity contribution in [2.75, 3.05) is 5.33 Å². The maximum Gasteiger partial charge on any atom is 0.255 e. The van der Waals surface area contributed by atoms with E-state index in [1.165, 1.54) is 0 Å². The third kappa shape index (κ3) is 3.12. The number of rotatable bonds is 5. The molecule has 0 aliphatic carbocycles. The van der Waals surface area contributed by atoms with Gasteiger partial charge in [-0.05, 0) is 32.8 Å². The van der Waals surface area contributed by atoms with E-state index >= 15 is 0 Å². The van der Waals surface area contributed by atoms with Gasteiger partial charge in [0.2, 0.25) is 0 Å². The summed E-state index contributed by atoms with van der Waals surface area (Å²) in [7, 11) is 0. The van der Waals surface area contributed by atoms with Crippen LogP contribution in [-0.2, 0) is 0 Å². The number of halogens is 1. The SMILES string of the molecule is CCC(CC)(CBr)NC(=O)c1cc(C)oc1C. The zero-order chi connectivity index (χ0) is 13.1. The predicted molar refractivity (Wildman–Crippen MR) is 72.8 cm³/mol. The Hall–Kier alpha value is -0.770. The minimum Gasteiger partial charge on any atom is -0.466 e. The summed E-state index contributed by atoms with van der Waals surface area (Å²) in [6, 6.07) is 1.79. The van der Waals surface area contributed by atoms with Gasteiger partial charge in [-0.25, -0.2) is 0 Å². The van der Waals surface area contributed by atoms with Crippen LogP contribution in [0.3, 0.4) is 0 Å². The first-order valence-electron chi connectivity index (χ1n) is 5.93. The van der Waals surface area contributed by atoms with Gasteiger partial charge in [0.1, 0.15) is 11.5 Å². The number of carbonyl (C=O) groups excluding carboxylic acids is 1. The molecular weight excluding hydrogens is 282 g/mol. The molecule has 0 atom stereocenters. The molecule has 0 radical (unpaired) electrons. The van der Waals surface area contributed by atoms with Gasteiger partial charge in [0.25, 0.3) is 5.91 Å². The molecule has 1 heterocycles. The lowest BCUT2D eigenvalue weighted by Gasteiger charge is -2.30. The lowest BCUT2D eigenvalue weighted by molar-refractivity contribution is 0.0902. The van der Waals surface area contributed by atoms with E-state index in [9.17, 15) is 4.79 Å². The summed E-state index contributed by atoms with van der Waals surface area (Å²) < 4.78 is 5.38. The third-order valence-corrected chi connectivity index (χ3v) is 4.35. The van der Waals surface area contributed by atoms with Crippen molar-refractivity contribution < 1.29 is 9.21 Å². The standard InChI is InChI=1S/C13H20BrNO2/c1-5-13(6-2,8-14)15-12(16)11-7-9(3)17-10(11)4/h7H,5-6,8H2,1-4H3,(H,15,16). The topological polar surface area (TPSA) is 42.2 Å². The van der Waals surface area contributed by atoms with Crippen LogP contribution in [-0.4, -0.2) is 16.8 Å². The quantitative estimate of drug-likeness (QED) is 0.845. The van der Waals surface area contributed by atoms with E-state index < -0.39 is 0 Å². The molecule has 0 aliphatic rings. The summed E-state index contributed by atoms with van der Waals surface area (Å²) in [4.78, 5) is 12.2. The average molecular weight is 302 g/mol. The van der Waals surface area contributed by atoms with Crippen molar-refractivity contribution in [1.29, 1.82) is 0 Å². The van der Waals surface area contributed by atoms with Crippen LogP contribution in [0.5, 0.6) is 0 Å². The normalized spacial score (nSPS) is 11.6. The second-order valence-electron chi connectivity index (χ2n) is 4.40. The Morgan fingerprint density at radius 2 is 2.00 bits per heavy atom. The Balaban J connectivity index is 2.88. The summed E-state index contributed by atoms with van der Waals surface area (Å²) in [5, 5.41) is 3.86. The van der Waals surface area contributed by atoms with Gasteiger partial charge in [-0.2, -0.15) is 0 Å². The summed E-state index contributed by atoms with van der Waals surface area (Å²) in [5.41, 5.74) is 0.462. The third-order valence-electron chi connectivity index (χ3n) is 3.27. The van der Waals surface area contributed by atoms with E-state index in [-0.39, 0.29) is 11.4 Å².